The Morgan fingerprint density at radius 1 is 1.47 bits per heavy atom. The Morgan fingerprint density at radius 3 is 2.59 bits per heavy atom. The summed E-state index contributed by atoms with van der Waals surface area (Å²) in [5, 5.41) is 1.12. The topological polar surface area (TPSA) is 39.2 Å². The van der Waals surface area contributed by atoms with Crippen molar-refractivity contribution in [1.82, 2.24) is 4.98 Å². The van der Waals surface area contributed by atoms with Crippen LogP contribution in [0, 0.1) is 12.8 Å². The molecule has 0 radical (unpaired) electrons. The summed E-state index contributed by atoms with van der Waals surface area (Å²) < 4.78 is 4.89. The molecule has 96 valence electrons. The van der Waals surface area contributed by atoms with Crippen LogP contribution in [0.4, 0.5) is 0 Å². The average molecular weight is 255 g/mol. The van der Waals surface area contributed by atoms with Gasteiger partial charge >= 0.3 is 5.97 Å². The Kier molecular flexibility index (Phi) is 5.12. The lowest BCUT2D eigenvalue weighted by atomic mass is 9.93. The van der Waals surface area contributed by atoms with Crippen LogP contribution in [0.2, 0.25) is 0 Å². The van der Waals surface area contributed by atoms with E-state index in [0.717, 1.165) is 28.4 Å². The number of ether oxygens (including phenoxy) is 1. The molecule has 1 rings (SSSR count). The van der Waals surface area contributed by atoms with E-state index in [-0.39, 0.29) is 17.8 Å². The first-order chi connectivity index (χ1) is 8.01. The second-order valence-electron chi connectivity index (χ2n) is 4.55. The van der Waals surface area contributed by atoms with Gasteiger partial charge in [-0.2, -0.15) is 0 Å². The molecule has 1 unspecified atom stereocenters. The summed E-state index contributed by atoms with van der Waals surface area (Å²) in [4.78, 5) is 17.4. The standard InChI is InChI=1S/C13H21NO2S/c1-6-7-10-14-9(4)12(17-10)11(8(2)3)13(15)16-5/h8,11H,6-7H2,1-5H3. The summed E-state index contributed by atoms with van der Waals surface area (Å²) in [6, 6.07) is 0. The molecule has 1 aromatic heterocycles. The van der Waals surface area contributed by atoms with Crippen molar-refractivity contribution in [2.75, 3.05) is 7.11 Å². The van der Waals surface area contributed by atoms with E-state index < -0.39 is 0 Å². The van der Waals surface area contributed by atoms with Gasteiger partial charge in [0.05, 0.1) is 23.7 Å². The molecule has 0 fully saturated rings. The van der Waals surface area contributed by atoms with E-state index in [9.17, 15) is 4.79 Å². The molecule has 0 aliphatic heterocycles. The van der Waals surface area contributed by atoms with Crippen LogP contribution >= 0.6 is 11.3 Å². The third-order valence-electron chi connectivity index (χ3n) is 2.74. The van der Waals surface area contributed by atoms with Crippen molar-refractivity contribution in [2.45, 2.75) is 46.5 Å². The van der Waals surface area contributed by atoms with Gasteiger partial charge in [0, 0.05) is 4.88 Å². The van der Waals surface area contributed by atoms with Crippen LogP contribution in [0.15, 0.2) is 0 Å². The number of aryl methyl sites for hydroxylation is 2. The summed E-state index contributed by atoms with van der Waals surface area (Å²) in [7, 11) is 1.45. The van der Waals surface area contributed by atoms with Gasteiger partial charge in [-0.1, -0.05) is 20.8 Å². The minimum atomic E-state index is -0.178. The fourth-order valence-corrected chi connectivity index (χ4v) is 3.32. The van der Waals surface area contributed by atoms with E-state index in [1.807, 2.05) is 20.8 Å². The summed E-state index contributed by atoms with van der Waals surface area (Å²) in [6.07, 6.45) is 2.06. The van der Waals surface area contributed by atoms with E-state index in [0.29, 0.717) is 0 Å². The highest BCUT2D eigenvalue weighted by atomic mass is 32.1. The molecule has 1 aromatic rings. The van der Waals surface area contributed by atoms with Crippen LogP contribution in [0.3, 0.4) is 0 Å². The van der Waals surface area contributed by atoms with Gasteiger partial charge in [0.15, 0.2) is 0 Å². The van der Waals surface area contributed by atoms with Crippen molar-refractivity contribution < 1.29 is 9.53 Å². The van der Waals surface area contributed by atoms with Gasteiger partial charge in [-0.25, -0.2) is 4.98 Å². The van der Waals surface area contributed by atoms with Crippen LogP contribution in [0.1, 0.15) is 48.7 Å². The van der Waals surface area contributed by atoms with Crippen LogP contribution in [0.25, 0.3) is 0 Å². The molecule has 3 nitrogen and oxygen atoms in total. The van der Waals surface area contributed by atoms with E-state index in [1.165, 1.54) is 7.11 Å². The molecule has 0 saturated carbocycles. The number of esters is 1. The van der Waals surface area contributed by atoms with Gasteiger partial charge in [0.25, 0.3) is 0 Å². The molecule has 0 bridgehead atoms. The van der Waals surface area contributed by atoms with Crippen molar-refractivity contribution in [3.63, 3.8) is 0 Å². The zero-order chi connectivity index (χ0) is 13.0. The van der Waals surface area contributed by atoms with Crippen LogP contribution < -0.4 is 0 Å². The number of aromatic nitrogens is 1. The smallest absolute Gasteiger partial charge is 0.314 e. The molecule has 0 N–H and O–H groups in total. The number of hydrogen-bond acceptors (Lipinski definition) is 4. The lowest BCUT2D eigenvalue weighted by Crippen LogP contribution is -2.19. The Morgan fingerprint density at radius 2 is 2.12 bits per heavy atom. The SMILES string of the molecule is CCCc1nc(C)c(C(C(=O)OC)C(C)C)s1. The fraction of sp³-hybridized carbons (Fsp3) is 0.692. The zero-order valence-corrected chi connectivity index (χ0v) is 12.1. The quantitative estimate of drug-likeness (QED) is 0.758. The summed E-state index contributed by atoms with van der Waals surface area (Å²) in [5.41, 5.74) is 0.975. The minimum Gasteiger partial charge on any atom is -0.469 e. The Hall–Kier alpha value is -0.900. The normalized spacial score (nSPS) is 12.8. The molecule has 1 heterocycles. The molecule has 0 aliphatic rings. The summed E-state index contributed by atoms with van der Waals surface area (Å²) in [6.45, 7) is 8.19. The van der Waals surface area contributed by atoms with E-state index in [2.05, 4.69) is 11.9 Å². The molecule has 4 heteroatoms. The second-order valence-corrected chi connectivity index (χ2v) is 5.67. The third kappa shape index (κ3) is 3.28. The first kappa shape index (κ1) is 14.2. The van der Waals surface area contributed by atoms with Crippen molar-refractivity contribution in [1.29, 1.82) is 0 Å². The number of nitrogens with zero attached hydrogens (tertiary/aromatic N) is 1. The molecule has 0 aromatic carbocycles. The van der Waals surface area contributed by atoms with Crippen LogP contribution in [-0.2, 0) is 16.0 Å². The number of carbonyl (C=O) groups is 1. The Labute approximate surface area is 107 Å². The average Bonchev–Trinajstić information content (AvgIpc) is 2.60. The predicted octanol–water partition coefficient (Wildman–Crippen LogP) is 3.32. The number of rotatable bonds is 5. The molecule has 17 heavy (non-hydrogen) atoms. The van der Waals surface area contributed by atoms with Crippen LogP contribution in [-0.4, -0.2) is 18.1 Å². The summed E-state index contributed by atoms with van der Waals surface area (Å²) in [5.74, 6) is -0.103. The molecule has 0 aliphatic carbocycles. The molecule has 0 amide bonds. The van der Waals surface area contributed by atoms with Gasteiger partial charge in [0.1, 0.15) is 0 Å². The van der Waals surface area contributed by atoms with Crippen molar-refractivity contribution in [2.24, 2.45) is 5.92 Å². The van der Waals surface area contributed by atoms with Crippen LogP contribution in [0.5, 0.6) is 0 Å². The van der Waals surface area contributed by atoms with Gasteiger partial charge in [0.2, 0.25) is 0 Å². The monoisotopic (exact) mass is 255 g/mol. The highest BCUT2D eigenvalue weighted by Gasteiger charge is 2.29. The van der Waals surface area contributed by atoms with E-state index in [4.69, 9.17) is 4.74 Å². The maximum absolute atomic E-state index is 11.8. The molecular weight excluding hydrogens is 234 g/mol. The van der Waals surface area contributed by atoms with E-state index >= 15 is 0 Å². The zero-order valence-electron chi connectivity index (χ0n) is 11.2. The number of thiazole rings is 1. The van der Waals surface area contributed by atoms with Gasteiger partial charge in [-0.15, -0.1) is 11.3 Å². The Balaban J connectivity index is 3.05. The molecular formula is C13H21NO2S. The lowest BCUT2D eigenvalue weighted by Gasteiger charge is -2.17. The third-order valence-corrected chi connectivity index (χ3v) is 4.05. The van der Waals surface area contributed by atoms with Crippen molar-refractivity contribution in [3.8, 4) is 0 Å². The van der Waals surface area contributed by atoms with Crippen molar-refractivity contribution in [3.05, 3.63) is 15.6 Å². The fourth-order valence-electron chi connectivity index (χ4n) is 1.88. The molecule has 0 saturated heterocycles. The van der Waals surface area contributed by atoms with Crippen molar-refractivity contribution >= 4 is 17.3 Å². The highest BCUT2D eigenvalue weighted by molar-refractivity contribution is 7.12. The number of methoxy groups -OCH3 is 1. The summed E-state index contributed by atoms with van der Waals surface area (Å²) >= 11 is 1.65. The Bertz CT molecular complexity index is 385. The molecule has 0 spiro atoms. The molecule has 1 atom stereocenters. The van der Waals surface area contributed by atoms with Gasteiger partial charge < -0.3 is 4.74 Å². The maximum Gasteiger partial charge on any atom is 0.314 e. The maximum atomic E-state index is 11.8. The number of carbonyl (C=O) groups excluding carboxylic acids is 1. The highest BCUT2D eigenvalue weighted by Crippen LogP contribution is 2.33. The first-order valence-corrected chi connectivity index (χ1v) is 6.86. The predicted molar refractivity (Wildman–Crippen MR) is 70.4 cm³/mol. The number of hydrogen-bond donors (Lipinski definition) is 0. The lowest BCUT2D eigenvalue weighted by molar-refractivity contribution is -0.143. The second kappa shape index (κ2) is 6.15. The largest absolute Gasteiger partial charge is 0.469 e. The van der Waals surface area contributed by atoms with Gasteiger partial charge in [-0.05, 0) is 25.7 Å². The van der Waals surface area contributed by atoms with E-state index in [1.54, 1.807) is 11.3 Å². The minimum absolute atomic E-state index is 0.158. The van der Waals surface area contributed by atoms with Gasteiger partial charge in [-0.3, -0.25) is 4.79 Å². The first-order valence-electron chi connectivity index (χ1n) is 6.05.